The Labute approximate surface area is 172 Å². The van der Waals surface area contributed by atoms with Crippen LogP contribution in [0.4, 0.5) is 4.39 Å². The number of benzene rings is 1. The first-order valence-corrected chi connectivity index (χ1v) is 10.8. The van der Waals surface area contributed by atoms with Crippen molar-refractivity contribution in [2.75, 3.05) is 0 Å². The van der Waals surface area contributed by atoms with Crippen molar-refractivity contribution in [2.24, 2.45) is 5.92 Å². The molecular formula is C24H30FNOS. The van der Waals surface area contributed by atoms with E-state index in [0.29, 0.717) is 5.92 Å². The van der Waals surface area contributed by atoms with E-state index in [9.17, 15) is 9.50 Å². The van der Waals surface area contributed by atoms with Crippen LogP contribution in [-0.2, 0) is 0 Å². The van der Waals surface area contributed by atoms with Gasteiger partial charge in [0.2, 0.25) is 0 Å². The molecule has 0 bridgehead atoms. The number of rotatable bonds is 6. The van der Waals surface area contributed by atoms with Gasteiger partial charge in [0.05, 0.1) is 4.91 Å². The zero-order chi connectivity index (χ0) is 20.4. The summed E-state index contributed by atoms with van der Waals surface area (Å²) in [5.74, 6) is 0.286. The highest BCUT2D eigenvalue weighted by Gasteiger charge is 2.34. The Kier molecular flexibility index (Phi) is 6.39. The van der Waals surface area contributed by atoms with Crippen molar-refractivity contribution in [3.8, 4) is 0 Å². The van der Waals surface area contributed by atoms with Gasteiger partial charge in [0.25, 0.3) is 0 Å². The van der Waals surface area contributed by atoms with Crippen LogP contribution in [0.5, 0.6) is 0 Å². The van der Waals surface area contributed by atoms with Crippen molar-refractivity contribution in [1.29, 1.82) is 0 Å². The number of aliphatic hydroxyl groups is 1. The van der Waals surface area contributed by atoms with E-state index in [0.717, 1.165) is 47.5 Å². The van der Waals surface area contributed by atoms with Gasteiger partial charge in [-0.1, -0.05) is 36.9 Å². The molecule has 2 aliphatic rings. The van der Waals surface area contributed by atoms with Gasteiger partial charge in [-0.3, -0.25) is 0 Å². The van der Waals surface area contributed by atoms with Crippen molar-refractivity contribution < 1.29 is 9.50 Å². The van der Waals surface area contributed by atoms with Crippen LogP contribution in [0.25, 0.3) is 0 Å². The second-order valence-electron chi connectivity index (χ2n) is 8.06. The summed E-state index contributed by atoms with van der Waals surface area (Å²) in [6.45, 7) is 14.8. The van der Waals surface area contributed by atoms with Gasteiger partial charge >= 0.3 is 0 Å². The Morgan fingerprint density at radius 1 is 1.25 bits per heavy atom. The number of thioether (sulfide) groups is 1. The van der Waals surface area contributed by atoms with Crippen LogP contribution >= 0.6 is 11.8 Å². The number of hydrogen-bond donors (Lipinski definition) is 1. The van der Waals surface area contributed by atoms with Gasteiger partial charge in [0.15, 0.2) is 0 Å². The lowest BCUT2D eigenvalue weighted by molar-refractivity contribution is 0.290. The third-order valence-corrected chi connectivity index (χ3v) is 7.06. The molecule has 1 aliphatic heterocycles. The predicted molar refractivity (Wildman–Crippen MR) is 117 cm³/mol. The molecule has 1 N–H and O–H groups in total. The monoisotopic (exact) mass is 399 g/mol. The SMILES string of the molecule is C=C(O)C1=C(N(C(=C)C2CC=C(C)CC2)C(C)C)CC(c2ccc(F)cc2)S1. The molecule has 3 rings (SSSR count). The summed E-state index contributed by atoms with van der Waals surface area (Å²) in [5, 5.41) is 10.4. The lowest BCUT2D eigenvalue weighted by Crippen LogP contribution is -2.33. The maximum atomic E-state index is 13.3. The zero-order valence-corrected chi connectivity index (χ0v) is 17.9. The van der Waals surface area contributed by atoms with Crippen LogP contribution in [0.2, 0.25) is 0 Å². The molecule has 0 saturated heterocycles. The van der Waals surface area contributed by atoms with E-state index in [-0.39, 0.29) is 22.9 Å². The van der Waals surface area contributed by atoms with Gasteiger partial charge in [-0.2, -0.15) is 0 Å². The highest BCUT2D eigenvalue weighted by atomic mass is 32.2. The van der Waals surface area contributed by atoms with Crippen molar-refractivity contribution >= 4 is 11.8 Å². The topological polar surface area (TPSA) is 23.5 Å². The quantitative estimate of drug-likeness (QED) is 0.402. The second kappa shape index (κ2) is 8.60. The van der Waals surface area contributed by atoms with Crippen LogP contribution in [0.3, 0.4) is 0 Å². The van der Waals surface area contributed by atoms with Crippen molar-refractivity contribution in [3.63, 3.8) is 0 Å². The third kappa shape index (κ3) is 4.38. The third-order valence-electron chi connectivity index (χ3n) is 5.63. The van der Waals surface area contributed by atoms with Gasteiger partial charge in [0, 0.05) is 35.0 Å². The van der Waals surface area contributed by atoms with E-state index in [1.165, 1.54) is 17.7 Å². The summed E-state index contributed by atoms with van der Waals surface area (Å²) < 4.78 is 13.3. The summed E-state index contributed by atoms with van der Waals surface area (Å²) >= 11 is 1.61. The van der Waals surface area contributed by atoms with Crippen molar-refractivity contribution in [2.45, 2.75) is 57.7 Å². The van der Waals surface area contributed by atoms with Gasteiger partial charge in [-0.25, -0.2) is 4.39 Å². The largest absolute Gasteiger partial charge is 0.507 e. The highest BCUT2D eigenvalue weighted by Crippen LogP contribution is 2.52. The average Bonchev–Trinajstić information content (AvgIpc) is 3.07. The Hall–Kier alpha value is -1.94. The zero-order valence-electron chi connectivity index (χ0n) is 17.0. The molecule has 4 heteroatoms. The van der Waals surface area contributed by atoms with E-state index in [4.69, 9.17) is 0 Å². The summed E-state index contributed by atoms with van der Waals surface area (Å²) in [7, 11) is 0. The highest BCUT2D eigenvalue weighted by molar-refractivity contribution is 8.03. The van der Waals surface area contributed by atoms with Gasteiger partial charge in [-0.15, -0.1) is 11.8 Å². The van der Waals surface area contributed by atoms with Crippen LogP contribution < -0.4 is 0 Å². The van der Waals surface area contributed by atoms with Gasteiger partial charge in [0.1, 0.15) is 11.6 Å². The number of hydrogen-bond acceptors (Lipinski definition) is 3. The van der Waals surface area contributed by atoms with Crippen LogP contribution in [-0.4, -0.2) is 16.0 Å². The molecule has 0 aromatic heterocycles. The number of halogens is 1. The standard InChI is InChI=1S/C24H30FNOS/c1-15(2)26(17(4)19-8-6-16(3)7-9-19)22-14-23(28-24(22)18(5)27)20-10-12-21(25)13-11-20/h6,10-13,15,19,23,27H,4-5,7-9,14H2,1-3H3. The Morgan fingerprint density at radius 2 is 1.93 bits per heavy atom. The van der Waals surface area contributed by atoms with Crippen molar-refractivity contribution in [3.05, 3.63) is 82.5 Å². The first kappa shape index (κ1) is 20.8. The van der Waals surface area contributed by atoms with Crippen LogP contribution in [0.1, 0.15) is 57.3 Å². The normalized spacial score (nSPS) is 22.4. The molecule has 2 unspecified atom stereocenters. The molecule has 0 spiro atoms. The molecule has 0 saturated carbocycles. The maximum absolute atomic E-state index is 13.3. The smallest absolute Gasteiger partial charge is 0.123 e. The molecular weight excluding hydrogens is 369 g/mol. The molecule has 1 aromatic rings. The fourth-order valence-electron chi connectivity index (χ4n) is 4.11. The first-order valence-electron chi connectivity index (χ1n) is 9.95. The Morgan fingerprint density at radius 3 is 2.46 bits per heavy atom. The minimum absolute atomic E-state index is 0.0995. The molecule has 0 radical (unpaired) electrons. The van der Waals surface area contributed by atoms with E-state index in [1.54, 1.807) is 11.8 Å². The number of nitrogens with zero attached hydrogens (tertiary/aromatic N) is 1. The molecule has 2 atom stereocenters. The maximum Gasteiger partial charge on any atom is 0.123 e. The van der Waals surface area contributed by atoms with Gasteiger partial charge < -0.3 is 10.0 Å². The fraction of sp³-hybridized carbons (Fsp3) is 0.417. The molecule has 28 heavy (non-hydrogen) atoms. The number of aliphatic hydroxyl groups excluding tert-OH is 1. The molecule has 0 fully saturated rings. The summed E-state index contributed by atoms with van der Waals surface area (Å²) in [6, 6.07) is 6.89. The summed E-state index contributed by atoms with van der Waals surface area (Å²) in [5.41, 5.74) is 4.72. The second-order valence-corrected chi connectivity index (χ2v) is 9.27. The lowest BCUT2D eigenvalue weighted by Gasteiger charge is -2.37. The average molecular weight is 400 g/mol. The van der Waals surface area contributed by atoms with E-state index >= 15 is 0 Å². The molecule has 1 aliphatic carbocycles. The van der Waals surface area contributed by atoms with Crippen LogP contribution in [0, 0.1) is 11.7 Å². The fourth-order valence-corrected chi connectivity index (χ4v) is 5.38. The Balaban J connectivity index is 1.89. The Bertz CT molecular complexity index is 822. The summed E-state index contributed by atoms with van der Waals surface area (Å²) in [6.07, 6.45) is 6.33. The molecule has 2 nitrogen and oxygen atoms in total. The number of allylic oxidation sites excluding steroid dienone is 4. The molecule has 1 heterocycles. The van der Waals surface area contributed by atoms with E-state index < -0.39 is 0 Å². The molecule has 150 valence electrons. The van der Waals surface area contributed by atoms with Gasteiger partial charge in [-0.05, 0) is 57.7 Å². The summed E-state index contributed by atoms with van der Waals surface area (Å²) in [4.78, 5) is 3.12. The minimum Gasteiger partial charge on any atom is -0.507 e. The van der Waals surface area contributed by atoms with Crippen LogP contribution in [0.15, 0.2) is 71.1 Å². The van der Waals surface area contributed by atoms with E-state index in [2.05, 4.69) is 44.9 Å². The lowest BCUT2D eigenvalue weighted by atomic mass is 9.87. The predicted octanol–water partition coefficient (Wildman–Crippen LogP) is 7.26. The molecule has 0 amide bonds. The van der Waals surface area contributed by atoms with E-state index in [1.807, 2.05) is 12.1 Å². The molecule has 1 aromatic carbocycles. The first-order chi connectivity index (χ1) is 13.3. The van der Waals surface area contributed by atoms with Crippen molar-refractivity contribution in [1.82, 2.24) is 4.90 Å². The minimum atomic E-state index is -0.232.